The second-order valence-corrected chi connectivity index (χ2v) is 6.61. The average Bonchev–Trinajstić information content (AvgIpc) is 3.09. The Morgan fingerprint density at radius 2 is 2.00 bits per heavy atom. The third-order valence-electron chi connectivity index (χ3n) is 4.32. The highest BCUT2D eigenvalue weighted by atomic mass is 79.9. The lowest BCUT2D eigenvalue weighted by molar-refractivity contribution is -0.0507. The third kappa shape index (κ3) is 2.60. The number of para-hydroxylation sites is 1. The number of fused-ring (bicyclic) bond motifs is 3. The van der Waals surface area contributed by atoms with Gasteiger partial charge in [-0.3, -0.25) is 0 Å². The van der Waals surface area contributed by atoms with Crippen LogP contribution in [0.4, 0.5) is 13.2 Å². The number of alkyl halides is 2. The Kier molecular flexibility index (Phi) is 3.96. The summed E-state index contributed by atoms with van der Waals surface area (Å²) in [6.07, 6.45) is -0.719. The van der Waals surface area contributed by atoms with E-state index in [1.807, 2.05) is 0 Å². The molecule has 2 unspecified atom stereocenters. The van der Waals surface area contributed by atoms with Gasteiger partial charge in [-0.25, -0.2) is 9.37 Å². The van der Waals surface area contributed by atoms with Crippen LogP contribution in [0.5, 0.6) is 5.75 Å². The molecule has 1 aliphatic heterocycles. The quantitative estimate of drug-likeness (QED) is 0.685. The minimum absolute atomic E-state index is 0.000181. The van der Waals surface area contributed by atoms with Crippen LogP contribution in [0.15, 0.2) is 40.9 Å². The van der Waals surface area contributed by atoms with E-state index in [0.717, 1.165) is 0 Å². The van der Waals surface area contributed by atoms with Crippen molar-refractivity contribution in [3.05, 3.63) is 58.1 Å². The van der Waals surface area contributed by atoms with Crippen molar-refractivity contribution in [2.24, 2.45) is 0 Å². The maximum absolute atomic E-state index is 14.7. The van der Waals surface area contributed by atoms with Gasteiger partial charge in [0.15, 0.2) is 5.82 Å². The van der Waals surface area contributed by atoms with E-state index >= 15 is 0 Å². The van der Waals surface area contributed by atoms with Crippen LogP contribution in [0.1, 0.15) is 30.0 Å². The summed E-state index contributed by atoms with van der Waals surface area (Å²) in [5.74, 6) is -0.203. The Bertz CT molecular complexity index is 960. The lowest BCUT2D eigenvalue weighted by Crippen LogP contribution is -2.11. The van der Waals surface area contributed by atoms with Crippen molar-refractivity contribution in [3.8, 4) is 5.75 Å². The van der Waals surface area contributed by atoms with E-state index < -0.39 is 24.6 Å². The van der Waals surface area contributed by atoms with Crippen molar-refractivity contribution in [2.45, 2.75) is 25.2 Å². The predicted octanol–water partition coefficient (Wildman–Crippen LogP) is 4.57. The Morgan fingerprint density at radius 3 is 2.76 bits per heavy atom. The molecule has 0 fully saturated rings. The first kappa shape index (κ1) is 16.4. The van der Waals surface area contributed by atoms with Crippen molar-refractivity contribution in [1.82, 2.24) is 9.55 Å². The number of halogens is 4. The van der Waals surface area contributed by atoms with Crippen LogP contribution in [0.25, 0.3) is 11.0 Å². The van der Waals surface area contributed by atoms with Gasteiger partial charge in [0.2, 0.25) is 0 Å². The number of aliphatic hydroxyl groups is 1. The smallest absolute Gasteiger partial charge is 0.387 e. The Morgan fingerprint density at radius 1 is 1.24 bits per heavy atom. The minimum Gasteiger partial charge on any atom is -0.434 e. The molecular formula is C17H12BrF3N2O2. The van der Waals surface area contributed by atoms with Gasteiger partial charge >= 0.3 is 6.61 Å². The molecule has 0 spiro atoms. The summed E-state index contributed by atoms with van der Waals surface area (Å²) in [7, 11) is 0. The van der Waals surface area contributed by atoms with Crippen LogP contribution in [-0.4, -0.2) is 21.3 Å². The highest BCUT2D eigenvalue weighted by Crippen LogP contribution is 2.44. The number of hydrogen-bond donors (Lipinski definition) is 1. The van der Waals surface area contributed by atoms with Crippen LogP contribution in [0, 0.1) is 5.82 Å². The van der Waals surface area contributed by atoms with E-state index in [2.05, 4.69) is 25.7 Å². The second-order valence-electron chi connectivity index (χ2n) is 5.75. The standard InChI is InChI=1S/C17H12BrF3N2O2/c18-9-5-6-10-15(14(9)19)23-11(7-12(24)16(23)22-10)8-3-1-2-4-13(8)25-17(20)21/h1-6,11-12,17,24H,7H2. The maximum atomic E-state index is 14.7. The highest BCUT2D eigenvalue weighted by molar-refractivity contribution is 9.10. The average molecular weight is 413 g/mol. The van der Waals surface area contributed by atoms with Gasteiger partial charge in [-0.2, -0.15) is 8.78 Å². The molecule has 0 amide bonds. The molecule has 130 valence electrons. The number of imidazole rings is 1. The molecule has 1 aromatic heterocycles. The SMILES string of the molecule is OC1CC(c2ccccc2OC(F)F)n2c1nc1ccc(Br)c(F)c12. The fraction of sp³-hybridized carbons (Fsp3) is 0.235. The molecule has 0 radical (unpaired) electrons. The fourth-order valence-corrected chi connectivity index (χ4v) is 3.66. The lowest BCUT2D eigenvalue weighted by Gasteiger charge is -2.19. The van der Waals surface area contributed by atoms with Crippen LogP contribution in [0.2, 0.25) is 0 Å². The Balaban J connectivity index is 1.93. The summed E-state index contributed by atoms with van der Waals surface area (Å²) in [6.45, 7) is -2.97. The summed E-state index contributed by atoms with van der Waals surface area (Å²) in [5, 5.41) is 10.3. The molecule has 2 aromatic carbocycles. The number of aliphatic hydroxyl groups excluding tert-OH is 1. The molecule has 3 aromatic rings. The molecule has 4 nitrogen and oxygen atoms in total. The van der Waals surface area contributed by atoms with Gasteiger partial charge in [0, 0.05) is 12.0 Å². The van der Waals surface area contributed by atoms with Crippen molar-refractivity contribution in [1.29, 1.82) is 0 Å². The molecule has 0 bridgehead atoms. The van der Waals surface area contributed by atoms with Gasteiger partial charge in [-0.1, -0.05) is 18.2 Å². The van der Waals surface area contributed by atoms with Crippen LogP contribution < -0.4 is 4.74 Å². The zero-order valence-electron chi connectivity index (χ0n) is 12.7. The van der Waals surface area contributed by atoms with Gasteiger partial charge in [-0.05, 0) is 34.1 Å². The zero-order chi connectivity index (χ0) is 17.7. The first-order valence-corrected chi connectivity index (χ1v) is 8.34. The van der Waals surface area contributed by atoms with E-state index in [1.165, 1.54) is 12.1 Å². The van der Waals surface area contributed by atoms with E-state index in [0.29, 0.717) is 16.9 Å². The highest BCUT2D eigenvalue weighted by Gasteiger charge is 2.36. The van der Waals surface area contributed by atoms with E-state index in [-0.39, 0.29) is 22.2 Å². The summed E-state index contributed by atoms with van der Waals surface area (Å²) >= 11 is 3.15. The lowest BCUT2D eigenvalue weighted by atomic mass is 10.0. The summed E-state index contributed by atoms with van der Waals surface area (Å²) < 4.78 is 46.5. The molecule has 0 saturated heterocycles. The minimum atomic E-state index is -2.97. The number of rotatable bonds is 3. The van der Waals surface area contributed by atoms with Crippen LogP contribution >= 0.6 is 15.9 Å². The Labute approximate surface area is 149 Å². The van der Waals surface area contributed by atoms with E-state index in [4.69, 9.17) is 0 Å². The number of aromatic nitrogens is 2. The topological polar surface area (TPSA) is 47.3 Å². The molecule has 0 saturated carbocycles. The predicted molar refractivity (Wildman–Crippen MR) is 88.2 cm³/mol. The summed E-state index contributed by atoms with van der Waals surface area (Å²) in [5.41, 5.74) is 1.06. The maximum Gasteiger partial charge on any atom is 0.387 e. The van der Waals surface area contributed by atoms with Gasteiger partial charge in [-0.15, -0.1) is 0 Å². The molecule has 0 aliphatic carbocycles. The fourth-order valence-electron chi connectivity index (χ4n) is 3.34. The summed E-state index contributed by atoms with van der Waals surface area (Å²) in [6, 6.07) is 8.94. The molecule has 2 heterocycles. The largest absolute Gasteiger partial charge is 0.434 e. The van der Waals surface area contributed by atoms with Crippen molar-refractivity contribution >= 4 is 27.0 Å². The van der Waals surface area contributed by atoms with Crippen LogP contribution in [-0.2, 0) is 0 Å². The van der Waals surface area contributed by atoms with Gasteiger partial charge < -0.3 is 14.4 Å². The second kappa shape index (κ2) is 6.03. The van der Waals surface area contributed by atoms with Gasteiger partial charge in [0.05, 0.1) is 16.0 Å². The normalized spacial score (nSPS) is 19.6. The van der Waals surface area contributed by atoms with E-state index in [9.17, 15) is 18.3 Å². The molecule has 4 rings (SSSR count). The van der Waals surface area contributed by atoms with Gasteiger partial charge in [0.25, 0.3) is 0 Å². The van der Waals surface area contributed by atoms with E-state index in [1.54, 1.807) is 28.8 Å². The van der Waals surface area contributed by atoms with Crippen molar-refractivity contribution < 1.29 is 23.0 Å². The molecular weight excluding hydrogens is 401 g/mol. The molecule has 25 heavy (non-hydrogen) atoms. The monoisotopic (exact) mass is 412 g/mol. The summed E-state index contributed by atoms with van der Waals surface area (Å²) in [4.78, 5) is 4.31. The number of nitrogens with zero attached hydrogens (tertiary/aromatic N) is 2. The first-order chi connectivity index (χ1) is 12.0. The Hall–Kier alpha value is -2.06. The zero-order valence-corrected chi connectivity index (χ0v) is 14.3. The van der Waals surface area contributed by atoms with Crippen molar-refractivity contribution in [2.75, 3.05) is 0 Å². The molecule has 1 aliphatic rings. The van der Waals surface area contributed by atoms with Gasteiger partial charge in [0.1, 0.15) is 23.2 Å². The third-order valence-corrected chi connectivity index (χ3v) is 4.93. The number of hydrogen-bond acceptors (Lipinski definition) is 3. The first-order valence-electron chi connectivity index (χ1n) is 7.55. The number of benzene rings is 2. The van der Waals surface area contributed by atoms with Crippen LogP contribution in [0.3, 0.4) is 0 Å². The number of ether oxygens (including phenoxy) is 1. The molecule has 8 heteroatoms. The molecule has 2 atom stereocenters. The molecule has 1 N–H and O–H groups in total. The van der Waals surface area contributed by atoms with Crippen molar-refractivity contribution in [3.63, 3.8) is 0 Å².